The average molecular weight is 416 g/mol. The molecule has 3 aromatic rings. The van der Waals surface area contributed by atoms with Crippen molar-refractivity contribution in [2.75, 3.05) is 21.3 Å². The molecule has 2 aromatic carbocycles. The number of benzene rings is 2. The summed E-state index contributed by atoms with van der Waals surface area (Å²) in [5.41, 5.74) is 9.77. The van der Waals surface area contributed by atoms with Crippen molar-refractivity contribution >= 4 is 18.4 Å². The number of rotatable bonds is 4. The van der Waals surface area contributed by atoms with E-state index in [4.69, 9.17) is 14.5 Å². The summed E-state index contributed by atoms with van der Waals surface area (Å²) in [6.45, 7) is 2.07. The van der Waals surface area contributed by atoms with E-state index in [1.54, 1.807) is 14.2 Å². The van der Waals surface area contributed by atoms with Crippen LogP contribution in [0.3, 0.4) is 0 Å². The Morgan fingerprint density at radius 3 is 1.72 bits per heavy atom. The molecule has 0 saturated heterocycles. The van der Waals surface area contributed by atoms with Crippen LogP contribution in [0.5, 0.6) is 11.5 Å². The van der Waals surface area contributed by atoms with Gasteiger partial charge in [-0.3, -0.25) is 0 Å². The summed E-state index contributed by atoms with van der Waals surface area (Å²) in [5, 5.41) is 2.17. The molecule has 0 saturated carbocycles. The van der Waals surface area contributed by atoms with E-state index in [1.807, 2.05) is 54.6 Å². The van der Waals surface area contributed by atoms with E-state index in [-0.39, 0.29) is 12.4 Å². The van der Waals surface area contributed by atoms with Gasteiger partial charge < -0.3 is 20.5 Å². The van der Waals surface area contributed by atoms with Crippen LogP contribution < -0.4 is 20.5 Å². The summed E-state index contributed by atoms with van der Waals surface area (Å²) in [6.07, 6.45) is 0. The first kappa shape index (κ1) is 23.8. The third kappa shape index (κ3) is 6.69. The molecule has 3 rings (SSSR count). The number of pyridine rings is 1. The zero-order valence-corrected chi connectivity index (χ0v) is 17.7. The highest BCUT2D eigenvalue weighted by Gasteiger charge is 2.07. The lowest BCUT2D eigenvalue weighted by atomic mass is 10.0. The predicted octanol–water partition coefficient (Wildman–Crippen LogP) is 4.45. The number of methoxy groups -OCH3 is 2. The molecule has 0 aliphatic rings. The summed E-state index contributed by atoms with van der Waals surface area (Å²) in [7, 11) is 4.81. The van der Waals surface area contributed by atoms with Gasteiger partial charge in [0, 0.05) is 18.2 Å². The largest absolute Gasteiger partial charge is 0.497 e. The second-order valence-electron chi connectivity index (χ2n) is 5.93. The van der Waals surface area contributed by atoms with Gasteiger partial charge in [0.25, 0.3) is 0 Å². The number of ether oxygens (including phenoxy) is 2. The van der Waals surface area contributed by atoms with Crippen molar-refractivity contribution in [3.8, 4) is 34.0 Å². The Morgan fingerprint density at radius 2 is 1.31 bits per heavy atom. The maximum atomic E-state index is 9.48. The van der Waals surface area contributed by atoms with E-state index in [2.05, 4.69) is 24.0 Å². The summed E-state index contributed by atoms with van der Waals surface area (Å²) in [5.74, 6) is 1.69. The first-order chi connectivity index (χ1) is 13.5. The Morgan fingerprint density at radius 1 is 0.862 bits per heavy atom. The molecular formula is C22H26ClN3O3. The Kier molecular flexibility index (Phi) is 9.48. The Bertz CT molecular complexity index is 914. The highest BCUT2D eigenvalue weighted by molar-refractivity contribution is 5.85. The number of nitrogens with zero attached hydrogens (tertiary/aromatic N) is 1. The first-order valence-electron chi connectivity index (χ1n) is 8.72. The summed E-state index contributed by atoms with van der Waals surface area (Å²) >= 11 is 0. The van der Waals surface area contributed by atoms with Crippen LogP contribution in [0.15, 0.2) is 60.7 Å². The molecule has 154 valence electrons. The normalized spacial score (nSPS) is 9.38. The van der Waals surface area contributed by atoms with Crippen molar-refractivity contribution in [3.05, 3.63) is 66.2 Å². The lowest BCUT2D eigenvalue weighted by molar-refractivity contribution is 0.251. The Hall–Kier alpha value is -3.25. The van der Waals surface area contributed by atoms with Crippen LogP contribution in [0.1, 0.15) is 5.56 Å². The number of aromatic nitrogens is 1. The minimum Gasteiger partial charge on any atom is -0.497 e. The quantitative estimate of drug-likeness (QED) is 0.659. The van der Waals surface area contributed by atoms with Crippen LogP contribution in [-0.4, -0.2) is 32.3 Å². The minimum absolute atomic E-state index is 0. The van der Waals surface area contributed by atoms with Crippen LogP contribution in [0.4, 0.5) is 4.79 Å². The highest BCUT2D eigenvalue weighted by Crippen LogP contribution is 2.28. The van der Waals surface area contributed by atoms with Crippen LogP contribution >= 0.6 is 12.4 Å². The van der Waals surface area contributed by atoms with Gasteiger partial charge in [-0.2, -0.15) is 0 Å². The fraction of sp³-hybridized carbons (Fsp3) is 0.182. The average Bonchev–Trinajstić information content (AvgIpc) is 2.74. The molecule has 0 bridgehead atoms. The highest BCUT2D eigenvalue weighted by atomic mass is 35.5. The number of nitrogens with two attached hydrogens (primary N) is 1. The van der Waals surface area contributed by atoms with Crippen LogP contribution in [0, 0.1) is 6.92 Å². The number of nitrogens with one attached hydrogen (secondary N) is 1. The van der Waals surface area contributed by atoms with Gasteiger partial charge in [-0.15, -0.1) is 12.4 Å². The summed E-state index contributed by atoms with van der Waals surface area (Å²) in [6, 6.07) is 19.6. The van der Waals surface area contributed by atoms with Crippen molar-refractivity contribution in [3.63, 3.8) is 0 Å². The van der Waals surface area contributed by atoms with Crippen molar-refractivity contribution in [2.24, 2.45) is 5.73 Å². The smallest absolute Gasteiger partial charge is 0.311 e. The minimum atomic E-state index is -0.495. The van der Waals surface area contributed by atoms with E-state index < -0.39 is 6.03 Å². The van der Waals surface area contributed by atoms with E-state index in [0.717, 1.165) is 39.6 Å². The first-order valence-corrected chi connectivity index (χ1v) is 8.72. The predicted molar refractivity (Wildman–Crippen MR) is 119 cm³/mol. The van der Waals surface area contributed by atoms with E-state index in [0.29, 0.717) is 0 Å². The molecule has 1 aromatic heterocycles. The van der Waals surface area contributed by atoms with Gasteiger partial charge in [0.15, 0.2) is 0 Å². The molecule has 29 heavy (non-hydrogen) atoms. The van der Waals surface area contributed by atoms with E-state index in [9.17, 15) is 4.79 Å². The fourth-order valence-corrected chi connectivity index (χ4v) is 2.49. The lowest BCUT2D eigenvalue weighted by Crippen LogP contribution is -2.24. The van der Waals surface area contributed by atoms with Gasteiger partial charge in [-0.05, 0) is 67.1 Å². The van der Waals surface area contributed by atoms with Gasteiger partial charge >= 0.3 is 6.03 Å². The lowest BCUT2D eigenvalue weighted by Gasteiger charge is -2.10. The van der Waals surface area contributed by atoms with Crippen molar-refractivity contribution < 1.29 is 14.3 Å². The molecule has 0 atom stereocenters. The van der Waals surface area contributed by atoms with Crippen molar-refractivity contribution in [1.82, 2.24) is 10.3 Å². The number of aryl methyl sites for hydroxylation is 1. The Labute approximate surface area is 177 Å². The number of carbonyl (C=O) groups excluding carboxylic acids is 1. The van der Waals surface area contributed by atoms with Gasteiger partial charge in [-0.25, -0.2) is 9.78 Å². The molecule has 0 fully saturated rings. The molecule has 0 aliphatic heterocycles. The van der Waals surface area contributed by atoms with E-state index >= 15 is 0 Å². The number of halogens is 1. The van der Waals surface area contributed by atoms with E-state index in [1.165, 1.54) is 7.05 Å². The number of carbonyl (C=O) groups is 1. The molecule has 0 radical (unpaired) electrons. The van der Waals surface area contributed by atoms with Gasteiger partial charge in [-0.1, -0.05) is 6.07 Å². The zero-order valence-electron chi connectivity index (χ0n) is 16.9. The molecule has 0 unspecified atom stereocenters. The standard InChI is InChI=1S/C20H19NO2.C2H6N2O.ClH/c1-14-4-13-19(15-5-9-17(22-2)10-6-15)21-20(14)16-7-11-18(23-3)12-8-16;1-4-2(3)5;/h4-13H,1-3H3;1H3,(H3,3,4,5);1H. The monoisotopic (exact) mass is 415 g/mol. The molecule has 6 nitrogen and oxygen atoms in total. The summed E-state index contributed by atoms with van der Waals surface area (Å²) in [4.78, 5) is 14.3. The van der Waals surface area contributed by atoms with Crippen LogP contribution in [-0.2, 0) is 0 Å². The SMILES string of the molecule is CNC(N)=O.COc1ccc(-c2ccc(C)c(-c3ccc(OC)cc3)n2)cc1.Cl. The molecule has 0 spiro atoms. The number of primary amides is 1. The summed E-state index contributed by atoms with van der Waals surface area (Å²) < 4.78 is 10.4. The maximum absolute atomic E-state index is 9.48. The molecule has 2 amide bonds. The molecular weight excluding hydrogens is 390 g/mol. The molecule has 1 heterocycles. The second-order valence-corrected chi connectivity index (χ2v) is 5.93. The third-order valence-corrected chi connectivity index (χ3v) is 4.09. The van der Waals surface area contributed by atoms with Gasteiger partial charge in [0.05, 0.1) is 25.6 Å². The zero-order chi connectivity index (χ0) is 20.5. The second kappa shape index (κ2) is 11.6. The molecule has 7 heteroatoms. The number of hydrogen-bond donors (Lipinski definition) is 2. The molecule has 0 aliphatic carbocycles. The topological polar surface area (TPSA) is 86.5 Å². The fourth-order valence-electron chi connectivity index (χ4n) is 2.49. The van der Waals surface area contributed by atoms with Crippen LogP contribution in [0.25, 0.3) is 22.5 Å². The maximum Gasteiger partial charge on any atom is 0.311 e. The van der Waals surface area contributed by atoms with Crippen molar-refractivity contribution in [1.29, 1.82) is 0 Å². The van der Waals surface area contributed by atoms with Gasteiger partial charge in [0.2, 0.25) is 0 Å². The van der Waals surface area contributed by atoms with Gasteiger partial charge in [0.1, 0.15) is 11.5 Å². The van der Waals surface area contributed by atoms with Crippen LogP contribution in [0.2, 0.25) is 0 Å². The third-order valence-electron chi connectivity index (χ3n) is 4.09. The number of hydrogen-bond acceptors (Lipinski definition) is 4. The number of amides is 2. The number of urea groups is 1. The Balaban J connectivity index is 0.000000628. The molecule has 3 N–H and O–H groups in total. The van der Waals surface area contributed by atoms with Crippen molar-refractivity contribution in [2.45, 2.75) is 6.92 Å².